The first-order valence-electron chi connectivity index (χ1n) is 7.36. The van der Waals surface area contributed by atoms with Crippen LogP contribution in [0.2, 0.25) is 0 Å². The molecule has 0 bridgehead atoms. The van der Waals surface area contributed by atoms with E-state index in [-0.39, 0.29) is 0 Å². The lowest BCUT2D eigenvalue weighted by Gasteiger charge is -2.13. The lowest BCUT2D eigenvalue weighted by atomic mass is 10.1. The molecule has 0 fully saturated rings. The molecule has 1 aromatic heterocycles. The summed E-state index contributed by atoms with van der Waals surface area (Å²) in [7, 11) is 0. The van der Waals surface area contributed by atoms with Crippen LogP contribution in [0.3, 0.4) is 0 Å². The van der Waals surface area contributed by atoms with Gasteiger partial charge in [0.1, 0.15) is 12.4 Å². The van der Waals surface area contributed by atoms with Crippen LogP contribution < -0.4 is 10.1 Å². The first-order valence-corrected chi connectivity index (χ1v) is 8.97. The molecule has 0 saturated carbocycles. The molecule has 2 nitrogen and oxygen atoms in total. The summed E-state index contributed by atoms with van der Waals surface area (Å²) in [5, 5.41) is 3.51. The van der Waals surface area contributed by atoms with Crippen LogP contribution in [0.1, 0.15) is 30.7 Å². The van der Waals surface area contributed by atoms with Crippen molar-refractivity contribution < 1.29 is 4.74 Å². The van der Waals surface area contributed by atoms with Crippen LogP contribution >= 0.6 is 27.3 Å². The number of halogens is 1. The number of benzene rings is 1. The molecule has 1 unspecified atom stereocenters. The Labute approximate surface area is 139 Å². The summed E-state index contributed by atoms with van der Waals surface area (Å²) in [5.41, 5.74) is 1.34. The van der Waals surface area contributed by atoms with Gasteiger partial charge in [0.15, 0.2) is 0 Å². The van der Waals surface area contributed by atoms with Gasteiger partial charge in [0, 0.05) is 10.9 Å². The van der Waals surface area contributed by atoms with Gasteiger partial charge in [-0.2, -0.15) is 0 Å². The van der Waals surface area contributed by atoms with Crippen LogP contribution in [0.25, 0.3) is 0 Å². The molecular weight excluding hydrogens is 346 g/mol. The Balaban J connectivity index is 1.81. The second kappa shape index (κ2) is 8.57. The Morgan fingerprint density at radius 2 is 1.95 bits per heavy atom. The minimum Gasteiger partial charge on any atom is -0.488 e. The Bertz CT molecular complexity index is 538. The van der Waals surface area contributed by atoms with Gasteiger partial charge in [-0.05, 0) is 72.1 Å². The molecule has 0 amide bonds. The summed E-state index contributed by atoms with van der Waals surface area (Å²) < 4.78 is 6.95. The highest BCUT2D eigenvalue weighted by Gasteiger charge is 2.03. The molecule has 0 aliphatic carbocycles. The Morgan fingerprint density at radius 3 is 2.57 bits per heavy atom. The average Bonchev–Trinajstić information content (AvgIpc) is 2.90. The van der Waals surface area contributed by atoms with Gasteiger partial charge in [0.05, 0.1) is 3.79 Å². The molecule has 2 aromatic rings. The average molecular weight is 368 g/mol. The third-order valence-electron chi connectivity index (χ3n) is 3.22. The SMILES string of the molecule is CCCNC(C)Cc1ccc(OCc2ccc(Br)s2)cc1. The highest BCUT2D eigenvalue weighted by atomic mass is 79.9. The molecule has 2 rings (SSSR count). The fourth-order valence-electron chi connectivity index (χ4n) is 2.12. The van der Waals surface area contributed by atoms with Crippen LogP contribution in [0.4, 0.5) is 0 Å². The molecule has 4 heteroatoms. The Kier molecular flexibility index (Phi) is 6.74. The molecule has 1 heterocycles. The first kappa shape index (κ1) is 16.5. The maximum absolute atomic E-state index is 5.80. The Hall–Kier alpha value is -0.840. The molecule has 1 atom stereocenters. The molecule has 0 saturated heterocycles. The molecule has 1 N–H and O–H groups in total. The summed E-state index contributed by atoms with van der Waals surface area (Å²) in [6, 6.07) is 13.1. The van der Waals surface area contributed by atoms with Crippen molar-refractivity contribution in [1.82, 2.24) is 5.32 Å². The Morgan fingerprint density at radius 1 is 1.19 bits per heavy atom. The minimum absolute atomic E-state index is 0.514. The number of hydrogen-bond donors (Lipinski definition) is 1. The van der Waals surface area contributed by atoms with E-state index < -0.39 is 0 Å². The second-order valence-electron chi connectivity index (χ2n) is 5.20. The molecule has 1 aromatic carbocycles. The van der Waals surface area contributed by atoms with Gasteiger partial charge in [0.25, 0.3) is 0 Å². The van der Waals surface area contributed by atoms with Crippen molar-refractivity contribution in [3.05, 3.63) is 50.6 Å². The third-order valence-corrected chi connectivity index (χ3v) is 4.82. The van der Waals surface area contributed by atoms with E-state index in [4.69, 9.17) is 4.74 Å². The van der Waals surface area contributed by atoms with E-state index in [0.29, 0.717) is 12.6 Å². The standard InChI is InChI=1S/C17H22BrNOS/c1-3-10-19-13(2)11-14-4-6-15(7-5-14)20-12-16-8-9-17(18)21-16/h4-9,13,19H,3,10-12H2,1-2H3. The number of hydrogen-bond acceptors (Lipinski definition) is 3. The molecular formula is C17H22BrNOS. The van der Waals surface area contributed by atoms with Gasteiger partial charge in [-0.25, -0.2) is 0 Å². The van der Waals surface area contributed by atoms with Crippen molar-refractivity contribution in [2.45, 2.75) is 39.3 Å². The number of ether oxygens (including phenoxy) is 1. The van der Waals surface area contributed by atoms with E-state index in [1.54, 1.807) is 11.3 Å². The van der Waals surface area contributed by atoms with Gasteiger partial charge >= 0.3 is 0 Å². The van der Waals surface area contributed by atoms with Crippen LogP contribution in [0.5, 0.6) is 5.75 Å². The quantitative estimate of drug-likeness (QED) is 0.706. The maximum atomic E-state index is 5.80. The van der Waals surface area contributed by atoms with E-state index in [9.17, 15) is 0 Å². The first-order chi connectivity index (χ1) is 10.2. The summed E-state index contributed by atoms with van der Waals surface area (Å²) in [6.45, 7) is 6.13. The van der Waals surface area contributed by atoms with Gasteiger partial charge in [0.2, 0.25) is 0 Å². The molecule has 0 spiro atoms. The molecule has 0 aliphatic heterocycles. The van der Waals surface area contributed by atoms with Gasteiger partial charge in [-0.1, -0.05) is 19.1 Å². The molecule has 0 aliphatic rings. The summed E-state index contributed by atoms with van der Waals surface area (Å²) in [4.78, 5) is 1.23. The second-order valence-corrected chi connectivity index (χ2v) is 7.75. The van der Waals surface area contributed by atoms with E-state index in [1.165, 1.54) is 16.9 Å². The van der Waals surface area contributed by atoms with Crippen LogP contribution in [0, 0.1) is 0 Å². The zero-order valence-corrected chi connectivity index (χ0v) is 15.0. The summed E-state index contributed by atoms with van der Waals surface area (Å²) in [5.74, 6) is 0.928. The number of rotatable bonds is 8. The topological polar surface area (TPSA) is 21.3 Å². The van der Waals surface area contributed by atoms with E-state index in [1.807, 2.05) is 0 Å². The molecule has 114 valence electrons. The van der Waals surface area contributed by atoms with Crippen LogP contribution in [-0.2, 0) is 13.0 Å². The van der Waals surface area contributed by atoms with Crippen molar-refractivity contribution >= 4 is 27.3 Å². The van der Waals surface area contributed by atoms with Crippen LogP contribution in [0.15, 0.2) is 40.2 Å². The smallest absolute Gasteiger partial charge is 0.122 e. The van der Waals surface area contributed by atoms with Crippen molar-refractivity contribution in [3.8, 4) is 5.75 Å². The van der Waals surface area contributed by atoms with Crippen molar-refractivity contribution in [2.24, 2.45) is 0 Å². The zero-order valence-electron chi connectivity index (χ0n) is 12.6. The van der Waals surface area contributed by atoms with E-state index >= 15 is 0 Å². The zero-order chi connectivity index (χ0) is 15.1. The number of thiophene rings is 1. The summed E-state index contributed by atoms with van der Waals surface area (Å²) in [6.07, 6.45) is 2.23. The fraction of sp³-hybridized carbons (Fsp3) is 0.412. The van der Waals surface area contributed by atoms with E-state index in [2.05, 4.69) is 71.5 Å². The van der Waals surface area contributed by atoms with Crippen molar-refractivity contribution in [1.29, 1.82) is 0 Å². The predicted molar refractivity (Wildman–Crippen MR) is 94.3 cm³/mol. The third kappa shape index (κ3) is 5.81. The van der Waals surface area contributed by atoms with E-state index in [0.717, 1.165) is 22.5 Å². The predicted octanol–water partition coefficient (Wildman–Crippen LogP) is 5.02. The summed E-state index contributed by atoms with van der Waals surface area (Å²) >= 11 is 5.18. The highest BCUT2D eigenvalue weighted by Crippen LogP contribution is 2.23. The maximum Gasteiger partial charge on any atom is 0.122 e. The normalized spacial score (nSPS) is 12.3. The minimum atomic E-state index is 0.514. The lowest BCUT2D eigenvalue weighted by molar-refractivity contribution is 0.309. The molecule has 21 heavy (non-hydrogen) atoms. The van der Waals surface area contributed by atoms with Crippen molar-refractivity contribution in [2.75, 3.05) is 6.54 Å². The number of nitrogens with one attached hydrogen (secondary N) is 1. The molecule has 0 radical (unpaired) electrons. The fourth-order valence-corrected chi connectivity index (χ4v) is 3.52. The van der Waals surface area contributed by atoms with Gasteiger partial charge in [-0.3, -0.25) is 0 Å². The largest absolute Gasteiger partial charge is 0.488 e. The monoisotopic (exact) mass is 367 g/mol. The highest BCUT2D eigenvalue weighted by molar-refractivity contribution is 9.11. The van der Waals surface area contributed by atoms with Crippen molar-refractivity contribution in [3.63, 3.8) is 0 Å². The van der Waals surface area contributed by atoms with Crippen LogP contribution in [-0.4, -0.2) is 12.6 Å². The lowest BCUT2D eigenvalue weighted by Crippen LogP contribution is -2.28. The van der Waals surface area contributed by atoms with Gasteiger partial charge < -0.3 is 10.1 Å². The van der Waals surface area contributed by atoms with Gasteiger partial charge in [-0.15, -0.1) is 11.3 Å².